The summed E-state index contributed by atoms with van der Waals surface area (Å²) in [6, 6.07) is 12.8. The topological polar surface area (TPSA) is 34.2 Å². The van der Waals surface area contributed by atoms with Gasteiger partial charge in [-0.1, -0.05) is 31.2 Å². The number of aromatic nitrogens is 1. The minimum atomic E-state index is -0.210. The molecule has 2 aromatic rings. The van der Waals surface area contributed by atoms with E-state index in [0.717, 1.165) is 30.8 Å². The number of hydrogen-bond donors (Lipinski definition) is 1. The Hall–Kier alpha value is -1.45. The van der Waals surface area contributed by atoms with Gasteiger partial charge in [0.1, 0.15) is 0 Å². The first-order chi connectivity index (χ1) is 10.1. The number of nitrogens with zero attached hydrogens (tertiary/aromatic N) is 1. The molecule has 1 N–H and O–H groups in total. The molecule has 0 spiro atoms. The molecular formula is C18H26N2O. The summed E-state index contributed by atoms with van der Waals surface area (Å²) in [7, 11) is 0. The zero-order valence-corrected chi connectivity index (χ0v) is 13.5. The van der Waals surface area contributed by atoms with E-state index in [-0.39, 0.29) is 11.6 Å². The lowest BCUT2D eigenvalue weighted by molar-refractivity contribution is -0.0378. The van der Waals surface area contributed by atoms with E-state index in [0.29, 0.717) is 0 Å². The van der Waals surface area contributed by atoms with E-state index < -0.39 is 0 Å². The second kappa shape index (κ2) is 7.01. The van der Waals surface area contributed by atoms with Gasteiger partial charge in [-0.05, 0) is 39.4 Å². The van der Waals surface area contributed by atoms with Gasteiger partial charge in [-0.25, -0.2) is 0 Å². The van der Waals surface area contributed by atoms with Crippen molar-refractivity contribution in [2.45, 2.75) is 45.8 Å². The minimum Gasteiger partial charge on any atom is -0.374 e. The Labute approximate surface area is 127 Å². The number of rotatable bonds is 7. The van der Waals surface area contributed by atoms with Crippen LogP contribution in [-0.4, -0.2) is 29.8 Å². The summed E-state index contributed by atoms with van der Waals surface area (Å²) in [5.41, 5.74) is 1.95. The zero-order chi connectivity index (χ0) is 15.3. The molecule has 0 radical (unpaired) electrons. The fourth-order valence-electron chi connectivity index (χ4n) is 2.71. The standard InChI is InChI=1S/C18H26N2O/c1-5-19-17(18(3,4)21-6-2)13-15-12-11-14-9-7-8-10-16(14)20-15/h7-12,17,19H,5-6,13H2,1-4H3. The molecule has 0 aliphatic rings. The Morgan fingerprint density at radius 3 is 2.62 bits per heavy atom. The van der Waals surface area contributed by atoms with Gasteiger partial charge in [0, 0.05) is 30.1 Å². The third kappa shape index (κ3) is 4.02. The molecule has 0 saturated carbocycles. The van der Waals surface area contributed by atoms with Crippen LogP contribution in [0.3, 0.4) is 0 Å². The normalized spacial score (nSPS) is 13.5. The van der Waals surface area contributed by atoms with Crippen molar-refractivity contribution in [1.82, 2.24) is 10.3 Å². The highest BCUT2D eigenvalue weighted by Gasteiger charge is 2.29. The smallest absolute Gasteiger partial charge is 0.0782 e. The molecule has 0 bridgehead atoms. The zero-order valence-electron chi connectivity index (χ0n) is 13.5. The van der Waals surface area contributed by atoms with Crippen LogP contribution in [0, 0.1) is 0 Å². The van der Waals surface area contributed by atoms with Crippen LogP contribution in [0.1, 0.15) is 33.4 Å². The Bertz CT molecular complexity index is 580. The molecule has 0 saturated heterocycles. The number of benzene rings is 1. The SMILES string of the molecule is CCNC(Cc1ccc2ccccc2n1)C(C)(C)OCC. The highest BCUT2D eigenvalue weighted by Crippen LogP contribution is 2.20. The predicted octanol–water partition coefficient (Wildman–Crippen LogP) is 3.57. The fraction of sp³-hybridized carbons (Fsp3) is 0.500. The average Bonchev–Trinajstić information content (AvgIpc) is 2.46. The maximum Gasteiger partial charge on any atom is 0.0782 e. The summed E-state index contributed by atoms with van der Waals surface area (Å²) >= 11 is 0. The molecule has 3 nitrogen and oxygen atoms in total. The summed E-state index contributed by atoms with van der Waals surface area (Å²) in [5.74, 6) is 0. The van der Waals surface area contributed by atoms with Gasteiger partial charge in [-0.2, -0.15) is 0 Å². The van der Waals surface area contributed by atoms with Crippen molar-refractivity contribution < 1.29 is 4.74 Å². The van der Waals surface area contributed by atoms with Gasteiger partial charge in [0.2, 0.25) is 0 Å². The van der Waals surface area contributed by atoms with E-state index in [9.17, 15) is 0 Å². The second-order valence-electron chi connectivity index (χ2n) is 5.85. The van der Waals surface area contributed by atoms with Crippen LogP contribution in [0.15, 0.2) is 36.4 Å². The van der Waals surface area contributed by atoms with Crippen molar-refractivity contribution >= 4 is 10.9 Å². The largest absolute Gasteiger partial charge is 0.374 e. The fourth-order valence-corrected chi connectivity index (χ4v) is 2.71. The maximum atomic E-state index is 5.91. The Balaban J connectivity index is 2.21. The lowest BCUT2D eigenvalue weighted by Gasteiger charge is -2.34. The first-order valence-corrected chi connectivity index (χ1v) is 7.78. The predicted molar refractivity (Wildman–Crippen MR) is 88.6 cm³/mol. The first kappa shape index (κ1) is 15.9. The van der Waals surface area contributed by atoms with E-state index in [4.69, 9.17) is 9.72 Å². The lowest BCUT2D eigenvalue weighted by atomic mass is 9.93. The number of fused-ring (bicyclic) bond motifs is 1. The Kier molecular flexibility index (Phi) is 5.32. The van der Waals surface area contributed by atoms with E-state index in [2.05, 4.69) is 50.4 Å². The van der Waals surface area contributed by atoms with Crippen LogP contribution in [-0.2, 0) is 11.2 Å². The molecule has 1 aromatic heterocycles. The molecule has 21 heavy (non-hydrogen) atoms. The first-order valence-electron chi connectivity index (χ1n) is 7.78. The summed E-state index contributed by atoms with van der Waals surface area (Å²) in [5, 5.41) is 4.72. The molecule has 1 unspecified atom stereocenters. The van der Waals surface area contributed by atoms with Gasteiger partial charge in [0.25, 0.3) is 0 Å². The van der Waals surface area contributed by atoms with E-state index in [1.165, 1.54) is 5.39 Å². The quantitative estimate of drug-likeness (QED) is 0.845. The van der Waals surface area contributed by atoms with Crippen LogP contribution in [0.2, 0.25) is 0 Å². The van der Waals surface area contributed by atoms with Gasteiger partial charge in [-0.3, -0.25) is 4.98 Å². The van der Waals surface area contributed by atoms with Gasteiger partial charge >= 0.3 is 0 Å². The molecule has 0 amide bonds. The van der Waals surface area contributed by atoms with E-state index in [1.54, 1.807) is 0 Å². The number of hydrogen-bond acceptors (Lipinski definition) is 3. The molecule has 0 aliphatic heterocycles. The maximum absolute atomic E-state index is 5.91. The molecule has 0 aliphatic carbocycles. The highest BCUT2D eigenvalue weighted by atomic mass is 16.5. The highest BCUT2D eigenvalue weighted by molar-refractivity contribution is 5.78. The summed E-state index contributed by atoms with van der Waals surface area (Å²) in [6.07, 6.45) is 0.867. The second-order valence-corrected chi connectivity index (χ2v) is 5.85. The summed E-state index contributed by atoms with van der Waals surface area (Å²) in [6.45, 7) is 10.1. The van der Waals surface area contributed by atoms with Crippen molar-refractivity contribution in [2.24, 2.45) is 0 Å². The number of para-hydroxylation sites is 1. The van der Waals surface area contributed by atoms with Gasteiger partial charge in [-0.15, -0.1) is 0 Å². The molecule has 2 rings (SSSR count). The van der Waals surface area contributed by atoms with Crippen molar-refractivity contribution in [3.63, 3.8) is 0 Å². The number of ether oxygens (including phenoxy) is 1. The molecular weight excluding hydrogens is 260 g/mol. The van der Waals surface area contributed by atoms with Gasteiger partial charge < -0.3 is 10.1 Å². The van der Waals surface area contributed by atoms with Crippen LogP contribution >= 0.6 is 0 Å². The van der Waals surface area contributed by atoms with E-state index >= 15 is 0 Å². The van der Waals surface area contributed by atoms with Gasteiger partial charge in [0.15, 0.2) is 0 Å². The Morgan fingerprint density at radius 1 is 1.14 bits per heavy atom. The molecule has 3 heteroatoms. The van der Waals surface area contributed by atoms with Crippen molar-refractivity contribution in [3.8, 4) is 0 Å². The molecule has 1 heterocycles. The number of likely N-dealkylation sites (N-methyl/N-ethyl adjacent to an activating group) is 1. The average molecular weight is 286 g/mol. The van der Waals surface area contributed by atoms with Crippen LogP contribution in [0.4, 0.5) is 0 Å². The molecule has 0 fully saturated rings. The molecule has 114 valence electrons. The minimum absolute atomic E-state index is 0.210. The summed E-state index contributed by atoms with van der Waals surface area (Å²) < 4.78 is 5.91. The number of pyridine rings is 1. The third-order valence-corrected chi connectivity index (χ3v) is 3.88. The number of nitrogens with one attached hydrogen (secondary N) is 1. The molecule has 1 aromatic carbocycles. The van der Waals surface area contributed by atoms with Crippen molar-refractivity contribution in [3.05, 3.63) is 42.1 Å². The van der Waals surface area contributed by atoms with Crippen LogP contribution < -0.4 is 5.32 Å². The third-order valence-electron chi connectivity index (χ3n) is 3.88. The van der Waals surface area contributed by atoms with E-state index in [1.807, 2.05) is 19.1 Å². The van der Waals surface area contributed by atoms with Gasteiger partial charge in [0.05, 0.1) is 11.1 Å². The van der Waals surface area contributed by atoms with Crippen molar-refractivity contribution in [2.75, 3.05) is 13.2 Å². The van der Waals surface area contributed by atoms with Crippen molar-refractivity contribution in [1.29, 1.82) is 0 Å². The molecule has 1 atom stereocenters. The van der Waals surface area contributed by atoms with Crippen LogP contribution in [0.25, 0.3) is 10.9 Å². The Morgan fingerprint density at radius 2 is 1.90 bits per heavy atom. The summed E-state index contributed by atoms with van der Waals surface area (Å²) in [4.78, 5) is 4.78. The lowest BCUT2D eigenvalue weighted by Crippen LogP contribution is -2.50. The van der Waals surface area contributed by atoms with Crippen LogP contribution in [0.5, 0.6) is 0 Å². The monoisotopic (exact) mass is 286 g/mol.